The van der Waals surface area contributed by atoms with E-state index >= 15 is 0 Å². The molecule has 0 aliphatic carbocycles. The van der Waals surface area contributed by atoms with Crippen molar-refractivity contribution in [2.24, 2.45) is 4.99 Å². The molecule has 0 radical (unpaired) electrons. The van der Waals surface area contributed by atoms with Gasteiger partial charge in [-0.05, 0) is 18.2 Å². The highest BCUT2D eigenvalue weighted by Crippen LogP contribution is 2.33. The highest BCUT2D eigenvalue weighted by Gasteiger charge is 2.17. The van der Waals surface area contributed by atoms with E-state index < -0.39 is 0 Å². The second-order valence-corrected chi connectivity index (χ2v) is 5.73. The number of hydrogen-bond donors (Lipinski definition) is 1. The fraction of sp³-hybridized carbons (Fsp3) is 0.235. The number of aliphatic imine (C=N–C) groups is 1. The molecule has 1 aliphatic heterocycles. The normalized spacial score (nSPS) is 13.5. The van der Waals surface area contributed by atoms with Crippen molar-refractivity contribution in [2.45, 2.75) is 6.61 Å². The Bertz CT molecular complexity index is 701. The molecule has 114 valence electrons. The van der Waals surface area contributed by atoms with Gasteiger partial charge in [0.15, 0.2) is 11.5 Å². The van der Waals surface area contributed by atoms with Crippen LogP contribution in [0.4, 0.5) is 0 Å². The summed E-state index contributed by atoms with van der Waals surface area (Å²) in [6.07, 6.45) is 0. The first kappa shape index (κ1) is 14.9. The van der Waals surface area contributed by atoms with Crippen LogP contribution in [0, 0.1) is 0 Å². The number of ether oxygens (including phenoxy) is 2. The maximum absolute atomic E-state index is 6.06. The zero-order valence-corrected chi connectivity index (χ0v) is 13.9. The SMILES string of the molecule is COc1cccc(C2=NCCN2)c1OCc1ccccc1Br. The van der Waals surface area contributed by atoms with Crippen LogP contribution in [0.2, 0.25) is 0 Å². The standard InChI is InChI=1S/C17H17BrN2O2/c1-21-15-8-4-6-13(17-19-9-10-20-17)16(15)22-11-12-5-2-3-7-14(12)18/h2-8H,9-11H2,1H3,(H,19,20). The van der Waals surface area contributed by atoms with Gasteiger partial charge in [0.2, 0.25) is 0 Å². The number of benzene rings is 2. The van der Waals surface area contributed by atoms with E-state index in [0.717, 1.165) is 34.5 Å². The van der Waals surface area contributed by atoms with Gasteiger partial charge in [-0.15, -0.1) is 0 Å². The summed E-state index contributed by atoms with van der Waals surface area (Å²) < 4.78 is 12.5. The van der Waals surface area contributed by atoms with E-state index in [1.807, 2.05) is 42.5 Å². The molecule has 2 aromatic carbocycles. The molecule has 0 saturated carbocycles. The molecule has 1 N–H and O–H groups in total. The fourth-order valence-electron chi connectivity index (χ4n) is 2.36. The van der Waals surface area contributed by atoms with Crippen LogP contribution in [0.3, 0.4) is 0 Å². The Morgan fingerprint density at radius 1 is 1.18 bits per heavy atom. The van der Waals surface area contributed by atoms with Gasteiger partial charge in [0, 0.05) is 16.6 Å². The van der Waals surface area contributed by atoms with Crippen LogP contribution >= 0.6 is 15.9 Å². The van der Waals surface area contributed by atoms with Crippen molar-refractivity contribution >= 4 is 21.8 Å². The molecular formula is C17H17BrN2O2. The van der Waals surface area contributed by atoms with Crippen molar-refractivity contribution < 1.29 is 9.47 Å². The van der Waals surface area contributed by atoms with Gasteiger partial charge in [-0.3, -0.25) is 4.99 Å². The molecular weight excluding hydrogens is 344 g/mol. The molecule has 0 fully saturated rings. The van der Waals surface area contributed by atoms with Gasteiger partial charge < -0.3 is 14.8 Å². The Morgan fingerprint density at radius 3 is 2.77 bits per heavy atom. The fourth-order valence-corrected chi connectivity index (χ4v) is 2.75. The van der Waals surface area contributed by atoms with E-state index in [-0.39, 0.29) is 0 Å². The summed E-state index contributed by atoms with van der Waals surface area (Å²) in [6.45, 7) is 2.11. The molecule has 0 aromatic heterocycles. The molecule has 0 spiro atoms. The third kappa shape index (κ3) is 3.09. The molecule has 0 bridgehead atoms. The lowest BCUT2D eigenvalue weighted by atomic mass is 10.1. The van der Waals surface area contributed by atoms with E-state index in [4.69, 9.17) is 9.47 Å². The maximum Gasteiger partial charge on any atom is 0.172 e. The van der Waals surface area contributed by atoms with Gasteiger partial charge in [-0.2, -0.15) is 0 Å². The number of methoxy groups -OCH3 is 1. The van der Waals surface area contributed by atoms with Crippen molar-refractivity contribution in [1.82, 2.24) is 5.32 Å². The Labute approximate surface area is 138 Å². The van der Waals surface area contributed by atoms with Crippen molar-refractivity contribution in [3.63, 3.8) is 0 Å². The third-order valence-electron chi connectivity index (χ3n) is 3.46. The van der Waals surface area contributed by atoms with Crippen LogP contribution in [0.1, 0.15) is 11.1 Å². The lowest BCUT2D eigenvalue weighted by molar-refractivity contribution is 0.283. The largest absolute Gasteiger partial charge is 0.493 e. The van der Waals surface area contributed by atoms with Crippen molar-refractivity contribution in [3.8, 4) is 11.5 Å². The monoisotopic (exact) mass is 360 g/mol. The van der Waals surface area contributed by atoms with Gasteiger partial charge in [0.1, 0.15) is 12.4 Å². The predicted molar refractivity (Wildman–Crippen MR) is 90.9 cm³/mol. The maximum atomic E-state index is 6.06. The molecule has 0 unspecified atom stereocenters. The van der Waals surface area contributed by atoms with Gasteiger partial charge >= 0.3 is 0 Å². The van der Waals surface area contributed by atoms with E-state index in [1.54, 1.807) is 7.11 Å². The first-order valence-corrected chi connectivity index (χ1v) is 7.91. The van der Waals surface area contributed by atoms with Crippen LogP contribution in [-0.2, 0) is 6.61 Å². The number of nitrogens with zero attached hydrogens (tertiary/aromatic N) is 1. The van der Waals surface area contributed by atoms with Crippen LogP contribution in [0.15, 0.2) is 51.9 Å². The predicted octanol–water partition coefficient (Wildman–Crippen LogP) is 3.39. The summed E-state index contributed by atoms with van der Waals surface area (Å²) in [6, 6.07) is 13.9. The zero-order valence-electron chi connectivity index (χ0n) is 12.3. The lowest BCUT2D eigenvalue weighted by Gasteiger charge is -2.16. The second kappa shape index (κ2) is 6.83. The first-order valence-electron chi connectivity index (χ1n) is 7.11. The summed E-state index contributed by atoms with van der Waals surface area (Å²) in [5.74, 6) is 2.29. The Morgan fingerprint density at radius 2 is 2.05 bits per heavy atom. The number of para-hydroxylation sites is 1. The number of amidine groups is 1. The Hall–Kier alpha value is -2.01. The summed E-state index contributed by atoms with van der Waals surface area (Å²) in [5.41, 5.74) is 2.02. The van der Waals surface area contributed by atoms with E-state index in [1.165, 1.54) is 0 Å². The molecule has 4 nitrogen and oxygen atoms in total. The van der Waals surface area contributed by atoms with E-state index in [2.05, 4.69) is 26.2 Å². The van der Waals surface area contributed by atoms with Crippen LogP contribution in [0.25, 0.3) is 0 Å². The minimum atomic E-state index is 0.460. The minimum Gasteiger partial charge on any atom is -0.493 e. The average Bonchev–Trinajstić information content (AvgIpc) is 3.08. The number of hydrogen-bond acceptors (Lipinski definition) is 4. The summed E-state index contributed by atoms with van der Waals surface area (Å²) in [4.78, 5) is 4.48. The van der Waals surface area contributed by atoms with E-state index in [0.29, 0.717) is 18.1 Å². The van der Waals surface area contributed by atoms with Gasteiger partial charge in [-0.25, -0.2) is 0 Å². The first-order chi connectivity index (χ1) is 10.8. The molecule has 0 saturated heterocycles. The Balaban J connectivity index is 1.90. The van der Waals surface area contributed by atoms with Crippen LogP contribution in [-0.4, -0.2) is 26.0 Å². The van der Waals surface area contributed by atoms with Crippen molar-refractivity contribution in [2.75, 3.05) is 20.2 Å². The number of halogens is 1. The molecule has 1 aliphatic rings. The van der Waals surface area contributed by atoms with E-state index in [9.17, 15) is 0 Å². The third-order valence-corrected chi connectivity index (χ3v) is 4.23. The minimum absolute atomic E-state index is 0.460. The molecule has 1 heterocycles. The quantitative estimate of drug-likeness (QED) is 0.888. The number of rotatable bonds is 5. The van der Waals surface area contributed by atoms with Gasteiger partial charge in [-0.1, -0.05) is 40.2 Å². The van der Waals surface area contributed by atoms with Crippen LogP contribution < -0.4 is 14.8 Å². The lowest BCUT2D eigenvalue weighted by Crippen LogP contribution is -2.20. The van der Waals surface area contributed by atoms with Gasteiger partial charge in [0.05, 0.1) is 19.2 Å². The Kier molecular flexibility index (Phi) is 4.63. The van der Waals surface area contributed by atoms with Crippen molar-refractivity contribution in [1.29, 1.82) is 0 Å². The molecule has 2 aromatic rings. The molecule has 0 amide bonds. The topological polar surface area (TPSA) is 42.8 Å². The summed E-state index contributed by atoms with van der Waals surface area (Å²) in [7, 11) is 1.65. The summed E-state index contributed by atoms with van der Waals surface area (Å²) in [5, 5.41) is 3.28. The highest BCUT2D eigenvalue weighted by atomic mass is 79.9. The zero-order chi connectivity index (χ0) is 15.4. The van der Waals surface area contributed by atoms with Gasteiger partial charge in [0.25, 0.3) is 0 Å². The highest BCUT2D eigenvalue weighted by molar-refractivity contribution is 9.10. The molecule has 3 rings (SSSR count). The molecule has 5 heteroatoms. The molecule has 22 heavy (non-hydrogen) atoms. The second-order valence-electron chi connectivity index (χ2n) is 4.87. The van der Waals surface area contributed by atoms with Crippen LogP contribution in [0.5, 0.6) is 11.5 Å². The smallest absolute Gasteiger partial charge is 0.172 e. The molecule has 0 atom stereocenters. The van der Waals surface area contributed by atoms with Crippen molar-refractivity contribution in [3.05, 3.63) is 58.1 Å². The number of nitrogens with one attached hydrogen (secondary N) is 1. The summed E-state index contributed by atoms with van der Waals surface area (Å²) >= 11 is 3.54. The average molecular weight is 361 g/mol.